The minimum absolute atomic E-state index is 1.13. The predicted octanol–water partition coefficient (Wildman–Crippen LogP) is 4.49. The molecule has 0 unspecified atom stereocenters. The van der Waals surface area contributed by atoms with Gasteiger partial charge >= 0.3 is 166 Å². The van der Waals surface area contributed by atoms with Gasteiger partial charge in [0.05, 0.1) is 0 Å². The Kier molecular flexibility index (Phi) is 5.89. The molecule has 0 aliphatic heterocycles. The van der Waals surface area contributed by atoms with Crippen LogP contribution in [-0.2, 0) is 0 Å². The third-order valence-corrected chi connectivity index (χ3v) is 14.3. The summed E-state index contributed by atoms with van der Waals surface area (Å²) in [6.07, 6.45) is 0. The fraction of sp³-hybridized carbons (Fsp3) is 0. The summed E-state index contributed by atoms with van der Waals surface area (Å²) in [4.78, 5) is 0. The van der Waals surface area contributed by atoms with Gasteiger partial charge in [0.25, 0.3) is 0 Å². The summed E-state index contributed by atoms with van der Waals surface area (Å²) in [5, 5.41) is 0. The molecule has 0 aliphatic rings. The Hall–Kier alpha value is -0.0169. The number of rotatable bonds is 3. The normalized spacial score (nSPS) is 10.9. The quantitative estimate of drug-likeness (QED) is 0.359. The number of hydrogen-bond donors (Lipinski definition) is 0. The Morgan fingerprint density at radius 2 is 0.636 bits per heavy atom. The molecule has 0 aromatic heterocycles. The van der Waals surface area contributed by atoms with Crippen LogP contribution in [0, 0.1) is 0 Å². The van der Waals surface area contributed by atoms with Crippen molar-refractivity contribution in [3.8, 4) is 0 Å². The molecular formula is C18H12BiBr3. The molecule has 0 aliphatic carbocycles. The monoisotopic (exact) mass is 674 g/mol. The molecule has 3 rings (SSSR count). The molecule has 22 heavy (non-hydrogen) atoms. The third kappa shape index (κ3) is 4.09. The van der Waals surface area contributed by atoms with Crippen LogP contribution in [-0.4, -0.2) is 21.8 Å². The second-order valence-corrected chi connectivity index (χ2v) is 16.1. The van der Waals surface area contributed by atoms with Crippen LogP contribution in [0.4, 0.5) is 0 Å². The van der Waals surface area contributed by atoms with Gasteiger partial charge in [0.15, 0.2) is 0 Å². The van der Waals surface area contributed by atoms with Crippen molar-refractivity contribution in [2.45, 2.75) is 0 Å². The molecule has 0 N–H and O–H groups in total. The zero-order valence-electron chi connectivity index (χ0n) is 11.5. The molecule has 0 saturated heterocycles. The Bertz CT molecular complexity index is 642. The zero-order valence-corrected chi connectivity index (χ0v) is 19.7. The van der Waals surface area contributed by atoms with E-state index in [-0.39, 0.29) is 0 Å². The molecule has 0 bridgehead atoms. The maximum atomic E-state index is 3.54. The average Bonchev–Trinajstić information content (AvgIpc) is 2.53. The fourth-order valence-corrected chi connectivity index (χ4v) is 11.7. The van der Waals surface area contributed by atoms with Crippen LogP contribution in [0.5, 0.6) is 0 Å². The Morgan fingerprint density at radius 3 is 0.864 bits per heavy atom. The summed E-state index contributed by atoms with van der Waals surface area (Å²) in [6.45, 7) is 0. The second-order valence-electron chi connectivity index (χ2n) is 4.76. The van der Waals surface area contributed by atoms with E-state index in [0.717, 1.165) is 13.4 Å². The molecular weight excluding hydrogens is 665 g/mol. The van der Waals surface area contributed by atoms with Gasteiger partial charge in [0.2, 0.25) is 0 Å². The van der Waals surface area contributed by atoms with E-state index in [1.165, 1.54) is 9.81 Å². The molecule has 0 saturated carbocycles. The molecule has 0 heterocycles. The molecule has 4 heteroatoms. The van der Waals surface area contributed by atoms with Crippen molar-refractivity contribution < 1.29 is 0 Å². The van der Waals surface area contributed by atoms with Crippen molar-refractivity contribution in [2.75, 3.05) is 0 Å². The number of hydrogen-bond acceptors (Lipinski definition) is 0. The molecule has 0 nitrogen and oxygen atoms in total. The van der Waals surface area contributed by atoms with E-state index in [0.29, 0.717) is 0 Å². The van der Waals surface area contributed by atoms with E-state index in [1.807, 2.05) is 0 Å². The molecule has 3 aromatic rings. The van der Waals surface area contributed by atoms with Crippen molar-refractivity contribution in [1.29, 1.82) is 0 Å². The van der Waals surface area contributed by atoms with Gasteiger partial charge in [0.1, 0.15) is 0 Å². The summed E-state index contributed by atoms with van der Waals surface area (Å²) in [5.74, 6) is 0. The van der Waals surface area contributed by atoms with Crippen LogP contribution in [0.1, 0.15) is 0 Å². The van der Waals surface area contributed by atoms with E-state index in [1.54, 1.807) is 0 Å². The van der Waals surface area contributed by atoms with Crippen molar-refractivity contribution in [3.05, 3.63) is 86.2 Å². The molecule has 0 atom stereocenters. The van der Waals surface area contributed by atoms with Crippen LogP contribution in [0.3, 0.4) is 0 Å². The van der Waals surface area contributed by atoms with Gasteiger partial charge in [-0.3, -0.25) is 0 Å². The van der Waals surface area contributed by atoms with Gasteiger partial charge < -0.3 is 0 Å². The molecule has 3 aromatic carbocycles. The first-order valence-electron chi connectivity index (χ1n) is 6.70. The molecule has 0 radical (unpaired) electrons. The topological polar surface area (TPSA) is 0 Å². The van der Waals surface area contributed by atoms with Crippen molar-refractivity contribution >= 4 is 79.4 Å². The SMILES string of the molecule is Brc1cc[c]([Bi]([c]2ccc(Br)cc2)[c]2ccc(Br)cc2)cc1. The Morgan fingerprint density at radius 1 is 0.409 bits per heavy atom. The van der Waals surface area contributed by atoms with E-state index in [2.05, 4.69) is 121 Å². The molecule has 110 valence electrons. The second kappa shape index (κ2) is 7.70. The molecule has 0 fully saturated rings. The number of benzene rings is 3. The van der Waals surface area contributed by atoms with E-state index >= 15 is 0 Å². The molecule has 0 spiro atoms. The van der Waals surface area contributed by atoms with Gasteiger partial charge in [-0.15, -0.1) is 0 Å². The Labute approximate surface area is 164 Å². The summed E-state index contributed by atoms with van der Waals surface area (Å²) >= 11 is 8.40. The van der Waals surface area contributed by atoms with Gasteiger partial charge in [-0.25, -0.2) is 0 Å². The van der Waals surface area contributed by atoms with Gasteiger partial charge in [-0.05, 0) is 0 Å². The van der Waals surface area contributed by atoms with Gasteiger partial charge in [-0.1, -0.05) is 0 Å². The first kappa shape index (κ1) is 16.8. The first-order chi connectivity index (χ1) is 10.6. The van der Waals surface area contributed by atoms with E-state index in [9.17, 15) is 0 Å². The van der Waals surface area contributed by atoms with Crippen molar-refractivity contribution in [1.82, 2.24) is 0 Å². The van der Waals surface area contributed by atoms with Crippen LogP contribution in [0.2, 0.25) is 0 Å². The van der Waals surface area contributed by atoms with Crippen molar-refractivity contribution in [3.63, 3.8) is 0 Å². The van der Waals surface area contributed by atoms with Gasteiger partial charge in [0, 0.05) is 0 Å². The summed E-state index contributed by atoms with van der Waals surface area (Å²) in [7, 11) is 0. The van der Waals surface area contributed by atoms with Crippen LogP contribution >= 0.6 is 47.8 Å². The van der Waals surface area contributed by atoms with E-state index < -0.39 is 21.8 Å². The standard InChI is InChI=1S/3C6H4Br.Bi/c3*7-6-4-2-1-3-5-6;/h3*2-5H;. The maximum absolute atomic E-state index is 3.54. The van der Waals surface area contributed by atoms with Gasteiger partial charge in [-0.2, -0.15) is 0 Å². The predicted molar refractivity (Wildman–Crippen MR) is 107 cm³/mol. The average molecular weight is 677 g/mol. The van der Waals surface area contributed by atoms with Crippen LogP contribution in [0.25, 0.3) is 0 Å². The Balaban J connectivity index is 2.10. The summed E-state index contributed by atoms with van der Waals surface area (Å²) in [6, 6.07) is 26.5. The minimum atomic E-state index is -2.21. The van der Waals surface area contributed by atoms with Crippen LogP contribution in [0.15, 0.2) is 86.2 Å². The van der Waals surface area contributed by atoms with E-state index in [4.69, 9.17) is 0 Å². The third-order valence-electron chi connectivity index (χ3n) is 3.25. The fourth-order valence-electron chi connectivity index (χ4n) is 2.22. The first-order valence-corrected chi connectivity index (χ1v) is 14.3. The van der Waals surface area contributed by atoms with Crippen LogP contribution < -0.4 is 9.81 Å². The number of halogens is 3. The zero-order chi connectivity index (χ0) is 15.5. The summed E-state index contributed by atoms with van der Waals surface area (Å²) < 4.78 is 7.86. The van der Waals surface area contributed by atoms with Crippen molar-refractivity contribution in [2.24, 2.45) is 0 Å². The molecule has 0 amide bonds. The summed E-state index contributed by atoms with van der Waals surface area (Å²) in [5.41, 5.74) is 0.